The predicted molar refractivity (Wildman–Crippen MR) is 199 cm³/mol. The zero-order chi connectivity index (χ0) is 39.6. The van der Waals surface area contributed by atoms with E-state index in [0.29, 0.717) is 21.6 Å². The lowest BCUT2D eigenvalue weighted by molar-refractivity contribution is 0.0680. The predicted octanol–water partition coefficient (Wildman–Crippen LogP) is 8.35. The number of rotatable bonds is 12. The molecule has 0 aliphatic carbocycles. The minimum Gasteiger partial charge on any atom is -0.478 e. The third-order valence-electron chi connectivity index (χ3n) is 8.70. The third-order valence-corrected chi connectivity index (χ3v) is 8.70. The molecule has 0 amide bonds. The minimum atomic E-state index is -1.79. The van der Waals surface area contributed by atoms with Gasteiger partial charge in [0, 0.05) is 0 Å². The monoisotopic (exact) mass is 737 g/mol. The summed E-state index contributed by atoms with van der Waals surface area (Å²) in [4.78, 5) is 79.8. The summed E-state index contributed by atoms with van der Waals surface area (Å²) in [5, 5.41) is 64.2. The lowest BCUT2D eigenvalue weighted by Crippen LogP contribution is -2.26. The van der Waals surface area contributed by atoms with Crippen molar-refractivity contribution in [1.82, 2.24) is 0 Å². The Labute approximate surface area is 310 Å². The summed E-state index contributed by atoms with van der Waals surface area (Å²) in [6.07, 6.45) is 0. The van der Waals surface area contributed by atoms with Gasteiger partial charge in [0.2, 0.25) is 0 Å². The molecule has 0 aliphatic rings. The van der Waals surface area contributed by atoms with E-state index in [1.807, 2.05) is 0 Å². The van der Waals surface area contributed by atoms with E-state index in [2.05, 4.69) is 0 Å². The number of aromatic carboxylic acids is 6. The number of carbonyl (C=O) groups is 6. The Morgan fingerprint density at radius 3 is 0.636 bits per heavy atom. The van der Waals surface area contributed by atoms with E-state index in [1.54, 1.807) is 91.0 Å². The number of hydrogen-bond donors (Lipinski definition) is 6. The number of anilines is 3. The van der Waals surface area contributed by atoms with E-state index >= 15 is 0 Å². The Hall–Kier alpha value is -8.06. The van der Waals surface area contributed by atoms with Crippen LogP contribution >= 0.6 is 0 Å². The summed E-state index contributed by atoms with van der Waals surface area (Å²) in [5.74, 6) is -10.7. The molecule has 13 heteroatoms. The van der Waals surface area contributed by atoms with E-state index in [4.69, 9.17) is 0 Å². The number of carboxylic acids is 6. The highest BCUT2D eigenvalue weighted by molar-refractivity contribution is 6.17. The van der Waals surface area contributed by atoms with Gasteiger partial charge in [-0.25, -0.2) is 28.8 Å². The van der Waals surface area contributed by atoms with Crippen LogP contribution in [0, 0.1) is 0 Å². The van der Waals surface area contributed by atoms with Gasteiger partial charge in [0.25, 0.3) is 0 Å². The lowest BCUT2D eigenvalue weighted by atomic mass is 9.91. The molecule has 0 saturated heterocycles. The molecule has 13 nitrogen and oxygen atoms in total. The quantitative estimate of drug-likeness (QED) is 0.0695. The van der Waals surface area contributed by atoms with Crippen molar-refractivity contribution in [3.05, 3.63) is 161 Å². The standard InChI is InChI=1S/C42H27NO12/c44-37(45)28-16-25(22-10-4-1-5-11-22)17-29(38(46)47)34(28)43(35-30(39(48)49)18-26(19-31(35)40(50)51)23-12-6-2-7-13-23)36-32(41(52)53)20-27(21-33(36)42(54)55)24-14-8-3-9-15-24/h1-21H,(H,44,45)(H,46,47)(H,48,49)(H,50,51)(H,52,53)(H,54,55). The van der Waals surface area contributed by atoms with Crippen LogP contribution in [0.1, 0.15) is 62.1 Å². The Bertz CT molecular complexity index is 2160. The largest absolute Gasteiger partial charge is 0.478 e. The van der Waals surface area contributed by atoms with Crippen LogP contribution in [0.5, 0.6) is 0 Å². The van der Waals surface area contributed by atoms with Crippen molar-refractivity contribution < 1.29 is 59.4 Å². The highest BCUT2D eigenvalue weighted by Gasteiger charge is 2.37. The second-order valence-corrected chi connectivity index (χ2v) is 12.0. The molecule has 0 unspecified atom stereocenters. The fourth-order valence-corrected chi connectivity index (χ4v) is 6.33. The highest BCUT2D eigenvalue weighted by Crippen LogP contribution is 2.48. The molecule has 0 spiro atoms. The molecule has 0 saturated carbocycles. The smallest absolute Gasteiger partial charge is 0.337 e. The molecule has 0 radical (unpaired) electrons. The van der Waals surface area contributed by atoms with Crippen LogP contribution < -0.4 is 4.90 Å². The fraction of sp³-hybridized carbons (Fsp3) is 0. The molecule has 0 bridgehead atoms. The normalized spacial score (nSPS) is 10.7. The molecule has 55 heavy (non-hydrogen) atoms. The second kappa shape index (κ2) is 14.9. The molecule has 0 fully saturated rings. The minimum absolute atomic E-state index is 0.0618. The van der Waals surface area contributed by atoms with Crippen LogP contribution in [-0.2, 0) is 0 Å². The molecule has 6 aromatic carbocycles. The molecule has 0 atom stereocenters. The average molecular weight is 738 g/mol. The van der Waals surface area contributed by atoms with Gasteiger partial charge in [0.05, 0.1) is 50.4 Å². The summed E-state index contributed by atoms with van der Waals surface area (Å²) >= 11 is 0. The van der Waals surface area contributed by atoms with Gasteiger partial charge < -0.3 is 35.5 Å². The van der Waals surface area contributed by atoms with Gasteiger partial charge in [-0.05, 0) is 69.8 Å². The molecule has 6 aromatic rings. The lowest BCUT2D eigenvalue weighted by Gasteiger charge is -2.33. The maximum atomic E-state index is 13.2. The third kappa shape index (κ3) is 7.08. The van der Waals surface area contributed by atoms with Gasteiger partial charge in [-0.15, -0.1) is 0 Å². The zero-order valence-corrected chi connectivity index (χ0v) is 28.2. The van der Waals surface area contributed by atoms with Gasteiger partial charge in [-0.1, -0.05) is 91.0 Å². The summed E-state index contributed by atoms with van der Waals surface area (Å²) in [5.41, 5.74) is -6.55. The van der Waals surface area contributed by atoms with Crippen LogP contribution in [0.3, 0.4) is 0 Å². The summed E-state index contributed by atoms with van der Waals surface area (Å²) < 4.78 is 0. The van der Waals surface area contributed by atoms with E-state index < -0.39 is 86.3 Å². The van der Waals surface area contributed by atoms with Gasteiger partial charge in [0.1, 0.15) is 0 Å². The number of hydrogen-bond acceptors (Lipinski definition) is 7. The van der Waals surface area contributed by atoms with E-state index in [9.17, 15) is 59.4 Å². The van der Waals surface area contributed by atoms with Crippen LogP contribution in [0.25, 0.3) is 33.4 Å². The van der Waals surface area contributed by atoms with E-state index in [-0.39, 0.29) is 16.7 Å². The second-order valence-electron chi connectivity index (χ2n) is 12.0. The van der Waals surface area contributed by atoms with Crippen molar-refractivity contribution in [1.29, 1.82) is 0 Å². The van der Waals surface area contributed by atoms with Crippen LogP contribution in [-0.4, -0.2) is 66.5 Å². The van der Waals surface area contributed by atoms with Gasteiger partial charge in [-0.3, -0.25) is 0 Å². The van der Waals surface area contributed by atoms with E-state index in [0.717, 1.165) is 36.4 Å². The Morgan fingerprint density at radius 2 is 0.473 bits per heavy atom. The molecule has 0 aliphatic heterocycles. The highest BCUT2D eigenvalue weighted by atomic mass is 16.4. The Balaban J connectivity index is 1.88. The van der Waals surface area contributed by atoms with Crippen LogP contribution in [0.2, 0.25) is 0 Å². The van der Waals surface area contributed by atoms with Crippen molar-refractivity contribution in [2.45, 2.75) is 0 Å². The molecular formula is C42H27NO12. The van der Waals surface area contributed by atoms with Crippen LogP contribution in [0.4, 0.5) is 17.1 Å². The van der Waals surface area contributed by atoms with Crippen molar-refractivity contribution in [3.8, 4) is 33.4 Å². The zero-order valence-electron chi connectivity index (χ0n) is 28.2. The summed E-state index contributed by atoms with van der Waals surface area (Å²) in [7, 11) is 0. The van der Waals surface area contributed by atoms with Crippen molar-refractivity contribution in [2.24, 2.45) is 0 Å². The number of benzene rings is 6. The topological polar surface area (TPSA) is 227 Å². The Morgan fingerprint density at radius 1 is 0.291 bits per heavy atom. The van der Waals surface area contributed by atoms with Gasteiger partial charge in [-0.2, -0.15) is 0 Å². The van der Waals surface area contributed by atoms with Gasteiger partial charge in [0.15, 0.2) is 0 Å². The first kappa shape index (κ1) is 36.7. The molecule has 0 aromatic heterocycles. The first-order valence-corrected chi connectivity index (χ1v) is 16.2. The number of nitrogens with zero attached hydrogens (tertiary/aromatic N) is 1. The summed E-state index contributed by atoms with van der Waals surface area (Å²) in [6.45, 7) is 0. The molecule has 6 N–H and O–H groups in total. The maximum absolute atomic E-state index is 13.2. The molecule has 6 rings (SSSR count). The van der Waals surface area contributed by atoms with Crippen molar-refractivity contribution in [3.63, 3.8) is 0 Å². The van der Waals surface area contributed by atoms with Crippen molar-refractivity contribution >= 4 is 52.9 Å². The maximum Gasteiger partial charge on any atom is 0.337 e. The average Bonchev–Trinajstić information content (AvgIpc) is 3.18. The molecular weight excluding hydrogens is 710 g/mol. The first-order chi connectivity index (χ1) is 26.3. The van der Waals surface area contributed by atoms with Crippen LogP contribution in [0.15, 0.2) is 127 Å². The molecule has 0 heterocycles. The fourth-order valence-electron chi connectivity index (χ4n) is 6.33. The molecule has 272 valence electrons. The van der Waals surface area contributed by atoms with E-state index in [1.165, 1.54) is 0 Å². The van der Waals surface area contributed by atoms with Gasteiger partial charge >= 0.3 is 35.8 Å². The SMILES string of the molecule is O=C(O)c1cc(-c2ccccc2)cc(C(=O)O)c1N(c1c(C(=O)O)cc(-c2ccccc2)cc1C(=O)O)c1c(C(=O)O)cc(-c2ccccc2)cc1C(=O)O. The summed E-state index contributed by atoms with van der Waals surface area (Å²) in [6, 6.07) is 30.3. The number of carboxylic acid groups (broad SMARTS) is 6. The van der Waals surface area contributed by atoms with Crippen molar-refractivity contribution in [2.75, 3.05) is 4.90 Å². The first-order valence-electron chi connectivity index (χ1n) is 16.2. The Kier molecular flexibility index (Phi) is 9.94.